The van der Waals surface area contributed by atoms with E-state index < -0.39 is 8.32 Å². The second-order valence-electron chi connectivity index (χ2n) is 7.64. The maximum atomic E-state index is 6.25. The van der Waals surface area contributed by atoms with E-state index in [0.29, 0.717) is 13.2 Å². The molecule has 1 aromatic carbocycles. The lowest BCUT2D eigenvalue weighted by Crippen LogP contribution is -2.43. The van der Waals surface area contributed by atoms with Gasteiger partial charge in [-0.1, -0.05) is 63.3 Å². The van der Waals surface area contributed by atoms with Crippen molar-refractivity contribution in [2.45, 2.75) is 64.3 Å². The normalized spacial score (nSPS) is 22.3. The molecular weight excluding hydrogens is 304 g/mol. The first-order chi connectivity index (χ1) is 10.8. The summed E-state index contributed by atoms with van der Waals surface area (Å²) >= 11 is 0. The van der Waals surface area contributed by atoms with Crippen LogP contribution in [0.25, 0.3) is 0 Å². The van der Waals surface area contributed by atoms with Crippen molar-refractivity contribution in [3.8, 4) is 0 Å². The number of ether oxygens (including phenoxy) is 2. The van der Waals surface area contributed by atoms with Gasteiger partial charge in [0.1, 0.15) is 6.10 Å². The molecule has 1 heterocycles. The summed E-state index contributed by atoms with van der Waals surface area (Å²) in [7, 11) is -1.74. The van der Waals surface area contributed by atoms with Crippen molar-refractivity contribution in [1.29, 1.82) is 0 Å². The third kappa shape index (κ3) is 5.57. The first-order valence-corrected chi connectivity index (χ1v) is 11.3. The maximum Gasteiger partial charge on any atom is 0.192 e. The standard InChI is InChI=1S/C19H30O3Si/c1-19(2,3)23(4,5)21-15-17-12-9-13-18(22-17)20-14-16-10-7-6-8-11-16/h6-12,17-18H,13-15H2,1-5H3/t17-,18+/m1/s1. The lowest BCUT2D eigenvalue weighted by atomic mass is 10.2. The van der Waals surface area contributed by atoms with Crippen LogP contribution in [0.3, 0.4) is 0 Å². The highest BCUT2D eigenvalue weighted by Crippen LogP contribution is 2.36. The Labute approximate surface area is 141 Å². The Morgan fingerprint density at radius 2 is 1.87 bits per heavy atom. The van der Waals surface area contributed by atoms with E-state index in [4.69, 9.17) is 13.9 Å². The molecule has 0 N–H and O–H groups in total. The van der Waals surface area contributed by atoms with Crippen molar-refractivity contribution in [2.24, 2.45) is 0 Å². The number of rotatable bonds is 6. The van der Waals surface area contributed by atoms with E-state index in [-0.39, 0.29) is 17.4 Å². The molecule has 3 nitrogen and oxygen atoms in total. The van der Waals surface area contributed by atoms with E-state index in [1.165, 1.54) is 5.56 Å². The second-order valence-corrected chi connectivity index (χ2v) is 12.4. The lowest BCUT2D eigenvalue weighted by Gasteiger charge is -2.37. The molecule has 0 saturated heterocycles. The highest BCUT2D eigenvalue weighted by molar-refractivity contribution is 6.74. The van der Waals surface area contributed by atoms with E-state index >= 15 is 0 Å². The van der Waals surface area contributed by atoms with Crippen LogP contribution in [0.15, 0.2) is 42.5 Å². The summed E-state index contributed by atoms with van der Waals surface area (Å²) in [5.41, 5.74) is 1.17. The fourth-order valence-electron chi connectivity index (χ4n) is 2.11. The van der Waals surface area contributed by atoms with Crippen molar-refractivity contribution in [3.63, 3.8) is 0 Å². The van der Waals surface area contributed by atoms with Gasteiger partial charge in [0.15, 0.2) is 14.6 Å². The quantitative estimate of drug-likeness (QED) is 0.547. The Balaban J connectivity index is 1.80. The molecule has 2 rings (SSSR count). The molecule has 4 heteroatoms. The van der Waals surface area contributed by atoms with E-state index in [1.54, 1.807) is 0 Å². The van der Waals surface area contributed by atoms with Gasteiger partial charge in [0, 0.05) is 6.42 Å². The van der Waals surface area contributed by atoms with Crippen LogP contribution in [0.1, 0.15) is 32.8 Å². The van der Waals surface area contributed by atoms with Crippen molar-refractivity contribution in [1.82, 2.24) is 0 Å². The summed E-state index contributed by atoms with van der Waals surface area (Å²) in [6.07, 6.45) is 4.82. The molecule has 23 heavy (non-hydrogen) atoms. The van der Waals surface area contributed by atoms with E-state index in [2.05, 4.69) is 58.2 Å². The van der Waals surface area contributed by atoms with Crippen molar-refractivity contribution in [2.75, 3.05) is 6.61 Å². The van der Waals surface area contributed by atoms with Crippen molar-refractivity contribution in [3.05, 3.63) is 48.0 Å². The minimum atomic E-state index is -1.74. The number of hydrogen-bond donors (Lipinski definition) is 0. The average Bonchev–Trinajstić information content (AvgIpc) is 2.51. The Morgan fingerprint density at radius 3 is 2.52 bits per heavy atom. The first-order valence-electron chi connectivity index (χ1n) is 8.39. The van der Waals surface area contributed by atoms with Crippen molar-refractivity contribution < 1.29 is 13.9 Å². The maximum absolute atomic E-state index is 6.25. The van der Waals surface area contributed by atoms with Gasteiger partial charge < -0.3 is 13.9 Å². The van der Waals surface area contributed by atoms with E-state index in [1.807, 2.05) is 18.2 Å². The molecule has 0 unspecified atom stereocenters. The average molecular weight is 335 g/mol. The predicted octanol–water partition coefficient (Wildman–Crippen LogP) is 4.90. The molecule has 0 fully saturated rings. The van der Waals surface area contributed by atoms with Gasteiger partial charge in [-0.15, -0.1) is 0 Å². The molecule has 1 aliphatic rings. The summed E-state index contributed by atoms with van der Waals surface area (Å²) in [4.78, 5) is 0. The zero-order valence-corrected chi connectivity index (χ0v) is 16.0. The zero-order valence-electron chi connectivity index (χ0n) is 15.0. The summed E-state index contributed by atoms with van der Waals surface area (Å²) < 4.78 is 18.1. The van der Waals surface area contributed by atoms with Gasteiger partial charge >= 0.3 is 0 Å². The summed E-state index contributed by atoms with van der Waals surface area (Å²) in [5.74, 6) is 0. The van der Waals surface area contributed by atoms with Crippen LogP contribution in [-0.4, -0.2) is 27.3 Å². The second kappa shape index (κ2) is 7.75. The lowest BCUT2D eigenvalue weighted by molar-refractivity contribution is -0.175. The van der Waals surface area contributed by atoms with Crippen LogP contribution < -0.4 is 0 Å². The third-order valence-corrected chi connectivity index (χ3v) is 9.20. The smallest absolute Gasteiger partial charge is 0.192 e. The SMILES string of the molecule is CC(C)(C)[Si](C)(C)OC[C@H]1C=CC[C@@H](OCc2ccccc2)O1. The monoisotopic (exact) mass is 334 g/mol. The van der Waals surface area contributed by atoms with Gasteiger partial charge in [-0.25, -0.2) is 0 Å². The summed E-state index contributed by atoms with van der Waals surface area (Å²) in [6.45, 7) is 12.5. The highest BCUT2D eigenvalue weighted by atomic mass is 28.4. The first kappa shape index (κ1) is 18.4. The Hall–Kier alpha value is -0.943. The fourth-order valence-corrected chi connectivity index (χ4v) is 3.12. The minimum Gasteiger partial charge on any atom is -0.414 e. The topological polar surface area (TPSA) is 27.7 Å². The molecule has 0 radical (unpaired) electrons. The molecule has 0 aromatic heterocycles. The van der Waals surface area contributed by atoms with E-state index in [0.717, 1.165) is 6.42 Å². The molecule has 1 aliphatic heterocycles. The summed E-state index contributed by atoms with van der Waals surface area (Å²) in [6, 6.07) is 10.2. The predicted molar refractivity (Wildman–Crippen MR) is 96.8 cm³/mol. The van der Waals surface area contributed by atoms with Crippen LogP contribution in [0, 0.1) is 0 Å². The fraction of sp³-hybridized carbons (Fsp3) is 0.579. The molecular formula is C19H30O3Si. The van der Waals surface area contributed by atoms with Crippen LogP contribution in [0.2, 0.25) is 18.1 Å². The Morgan fingerprint density at radius 1 is 1.17 bits per heavy atom. The van der Waals surface area contributed by atoms with E-state index in [9.17, 15) is 0 Å². The van der Waals surface area contributed by atoms with Gasteiger partial charge in [-0.3, -0.25) is 0 Å². The molecule has 128 valence electrons. The van der Waals surface area contributed by atoms with Crippen LogP contribution >= 0.6 is 0 Å². The van der Waals surface area contributed by atoms with Crippen LogP contribution in [-0.2, 0) is 20.5 Å². The van der Waals surface area contributed by atoms with Gasteiger partial charge in [-0.2, -0.15) is 0 Å². The van der Waals surface area contributed by atoms with Crippen LogP contribution in [0.4, 0.5) is 0 Å². The zero-order chi connectivity index (χ0) is 16.9. The largest absolute Gasteiger partial charge is 0.414 e. The molecule has 0 aliphatic carbocycles. The highest BCUT2D eigenvalue weighted by Gasteiger charge is 2.37. The minimum absolute atomic E-state index is 0.0151. The van der Waals surface area contributed by atoms with Gasteiger partial charge in [-0.05, 0) is 23.7 Å². The molecule has 0 saturated carbocycles. The molecule has 0 spiro atoms. The summed E-state index contributed by atoms with van der Waals surface area (Å²) in [5, 5.41) is 0.217. The van der Waals surface area contributed by atoms with Crippen LogP contribution in [0.5, 0.6) is 0 Å². The van der Waals surface area contributed by atoms with Crippen molar-refractivity contribution >= 4 is 8.32 Å². The van der Waals surface area contributed by atoms with Gasteiger partial charge in [0.25, 0.3) is 0 Å². The molecule has 0 bridgehead atoms. The Kier molecular flexibility index (Phi) is 6.20. The molecule has 0 amide bonds. The molecule has 1 aromatic rings. The van der Waals surface area contributed by atoms with Gasteiger partial charge in [0.05, 0.1) is 13.2 Å². The molecule has 2 atom stereocenters. The number of benzene rings is 1. The Bertz CT molecular complexity index is 505. The number of hydrogen-bond acceptors (Lipinski definition) is 3. The third-order valence-electron chi connectivity index (χ3n) is 4.70. The van der Waals surface area contributed by atoms with Gasteiger partial charge in [0.2, 0.25) is 0 Å².